The van der Waals surface area contributed by atoms with Gasteiger partial charge in [0.05, 0.1) is 10.6 Å². The first-order valence-corrected chi connectivity index (χ1v) is 16.5. The van der Waals surface area contributed by atoms with Crippen LogP contribution in [0.4, 0.5) is 5.69 Å². The molecule has 0 radical (unpaired) electrons. The van der Waals surface area contributed by atoms with Gasteiger partial charge in [0.25, 0.3) is 10.0 Å². The monoisotopic (exact) mass is 671 g/mol. The minimum absolute atomic E-state index is 0.0131. The van der Waals surface area contributed by atoms with Gasteiger partial charge in [-0.25, -0.2) is 8.42 Å². The second-order valence-corrected chi connectivity index (χ2v) is 13.4. The van der Waals surface area contributed by atoms with E-state index in [1.165, 1.54) is 35.2 Å². The van der Waals surface area contributed by atoms with Crippen molar-refractivity contribution in [2.75, 3.05) is 17.4 Å². The molecule has 0 aliphatic carbocycles. The summed E-state index contributed by atoms with van der Waals surface area (Å²) in [5.74, 6) is -0.962. The fraction of sp³-hybridized carbons (Fsp3) is 0.212. The molecule has 0 spiro atoms. The van der Waals surface area contributed by atoms with Crippen LogP contribution in [-0.4, -0.2) is 44.3 Å². The minimum Gasteiger partial charge on any atom is -0.355 e. The largest absolute Gasteiger partial charge is 0.355 e. The van der Waals surface area contributed by atoms with E-state index in [9.17, 15) is 18.0 Å². The molecular formula is C33H32Cl3N3O4S. The fourth-order valence-electron chi connectivity index (χ4n) is 4.68. The second-order valence-electron chi connectivity index (χ2n) is 10.2. The third kappa shape index (κ3) is 8.54. The van der Waals surface area contributed by atoms with Crippen LogP contribution in [0, 0.1) is 6.92 Å². The van der Waals surface area contributed by atoms with Gasteiger partial charge in [-0.05, 0) is 67.4 Å². The first-order chi connectivity index (χ1) is 21.0. The molecule has 0 unspecified atom stereocenters. The van der Waals surface area contributed by atoms with Gasteiger partial charge in [-0.15, -0.1) is 0 Å². The number of carbonyl (C=O) groups excluding carboxylic acids is 2. The van der Waals surface area contributed by atoms with Crippen LogP contribution >= 0.6 is 34.8 Å². The third-order valence-corrected chi connectivity index (χ3v) is 9.39. The van der Waals surface area contributed by atoms with E-state index in [0.29, 0.717) is 17.1 Å². The van der Waals surface area contributed by atoms with Crippen LogP contribution < -0.4 is 9.62 Å². The van der Waals surface area contributed by atoms with Gasteiger partial charge in [-0.2, -0.15) is 0 Å². The number of anilines is 1. The van der Waals surface area contributed by atoms with Crippen LogP contribution in [0.15, 0.2) is 102 Å². The number of carbonyl (C=O) groups is 2. The highest BCUT2D eigenvalue weighted by Gasteiger charge is 2.34. The Morgan fingerprint density at radius 3 is 2.00 bits per heavy atom. The van der Waals surface area contributed by atoms with E-state index < -0.39 is 28.5 Å². The van der Waals surface area contributed by atoms with E-state index in [-0.39, 0.29) is 39.5 Å². The number of nitrogens with zero attached hydrogens (tertiary/aromatic N) is 2. The third-order valence-electron chi connectivity index (χ3n) is 6.91. The van der Waals surface area contributed by atoms with Crippen LogP contribution in [0.5, 0.6) is 0 Å². The first-order valence-electron chi connectivity index (χ1n) is 13.9. The molecule has 11 heteroatoms. The van der Waals surface area contributed by atoms with Gasteiger partial charge in [-0.1, -0.05) is 95.0 Å². The van der Waals surface area contributed by atoms with Gasteiger partial charge in [0, 0.05) is 34.6 Å². The lowest BCUT2D eigenvalue weighted by molar-refractivity contribution is -0.140. The Morgan fingerprint density at radius 1 is 0.795 bits per heavy atom. The Kier molecular flexibility index (Phi) is 11.3. The number of nitrogens with one attached hydrogen (secondary N) is 1. The van der Waals surface area contributed by atoms with E-state index in [2.05, 4.69) is 5.32 Å². The highest BCUT2D eigenvalue weighted by molar-refractivity contribution is 7.92. The SMILES string of the molecule is CCNC(=O)[C@@H](Cc1ccccc1)N(Cc1ccc(Cl)cc1)C(=O)CN(c1cc(Cl)cc(Cl)c1)S(=O)(=O)c1ccc(C)cc1. The maximum absolute atomic E-state index is 14.4. The van der Waals surface area contributed by atoms with Crippen LogP contribution in [0.1, 0.15) is 23.6 Å². The van der Waals surface area contributed by atoms with Crippen molar-refractivity contribution in [3.8, 4) is 0 Å². The highest BCUT2D eigenvalue weighted by Crippen LogP contribution is 2.30. The van der Waals surface area contributed by atoms with E-state index in [1.54, 1.807) is 43.3 Å². The molecule has 4 aromatic rings. The molecule has 4 aromatic carbocycles. The fourth-order valence-corrected chi connectivity index (χ4v) is 6.72. The predicted octanol–water partition coefficient (Wildman–Crippen LogP) is 6.93. The summed E-state index contributed by atoms with van der Waals surface area (Å²) in [6.07, 6.45) is 0.208. The van der Waals surface area contributed by atoms with Gasteiger partial charge >= 0.3 is 0 Å². The smallest absolute Gasteiger partial charge is 0.264 e. The van der Waals surface area contributed by atoms with E-state index in [1.807, 2.05) is 37.3 Å². The zero-order valence-electron chi connectivity index (χ0n) is 24.2. The van der Waals surface area contributed by atoms with Crippen LogP contribution in [-0.2, 0) is 32.6 Å². The van der Waals surface area contributed by atoms with E-state index in [0.717, 1.165) is 15.4 Å². The van der Waals surface area contributed by atoms with Gasteiger partial charge < -0.3 is 10.2 Å². The minimum atomic E-state index is -4.28. The maximum atomic E-state index is 14.4. The molecule has 1 atom stereocenters. The molecule has 0 aliphatic rings. The van der Waals surface area contributed by atoms with Crippen LogP contribution in [0.2, 0.25) is 15.1 Å². The molecule has 1 N–H and O–H groups in total. The summed E-state index contributed by atoms with van der Waals surface area (Å²) in [5.41, 5.74) is 2.53. The molecule has 7 nitrogen and oxygen atoms in total. The number of benzene rings is 4. The Morgan fingerprint density at radius 2 is 1.41 bits per heavy atom. The lowest BCUT2D eigenvalue weighted by Gasteiger charge is -2.34. The summed E-state index contributed by atoms with van der Waals surface area (Å²) >= 11 is 18.7. The topological polar surface area (TPSA) is 86.8 Å². The summed E-state index contributed by atoms with van der Waals surface area (Å²) in [4.78, 5) is 29.3. The Hall–Kier alpha value is -3.56. The quantitative estimate of drug-likeness (QED) is 0.177. The van der Waals surface area contributed by atoms with Gasteiger partial charge in [0.1, 0.15) is 12.6 Å². The van der Waals surface area contributed by atoms with Crippen molar-refractivity contribution in [1.29, 1.82) is 0 Å². The number of rotatable bonds is 12. The lowest BCUT2D eigenvalue weighted by Crippen LogP contribution is -2.53. The summed E-state index contributed by atoms with van der Waals surface area (Å²) in [6, 6.07) is 25.9. The number of halogens is 3. The number of likely N-dealkylation sites (N-methyl/N-ethyl adjacent to an activating group) is 1. The summed E-state index contributed by atoms with van der Waals surface area (Å²) in [5, 5.41) is 3.76. The van der Waals surface area contributed by atoms with Crippen molar-refractivity contribution in [3.63, 3.8) is 0 Å². The number of hydrogen-bond acceptors (Lipinski definition) is 4. The molecule has 0 fully saturated rings. The average Bonchev–Trinajstić information content (AvgIpc) is 2.98. The zero-order chi connectivity index (χ0) is 31.9. The van der Waals surface area contributed by atoms with Crippen molar-refractivity contribution in [3.05, 3.63) is 129 Å². The summed E-state index contributed by atoms with van der Waals surface area (Å²) in [7, 11) is -4.28. The number of sulfonamides is 1. The normalized spacial score (nSPS) is 11.9. The van der Waals surface area contributed by atoms with Crippen molar-refractivity contribution in [1.82, 2.24) is 10.2 Å². The van der Waals surface area contributed by atoms with Gasteiger partial charge in [0.2, 0.25) is 11.8 Å². The molecule has 0 bridgehead atoms. The zero-order valence-corrected chi connectivity index (χ0v) is 27.3. The predicted molar refractivity (Wildman–Crippen MR) is 177 cm³/mol. The standard InChI is InChI=1S/C33H32Cl3N3O4S/c1-3-37-33(41)31(17-24-7-5-4-6-8-24)38(21-25-11-13-26(34)14-12-25)32(40)22-39(29-19-27(35)18-28(36)20-29)44(42,43)30-15-9-23(2)10-16-30/h4-16,18-20,31H,3,17,21-22H2,1-2H3,(H,37,41)/t31-/m1/s1. The van der Waals surface area contributed by atoms with Crippen LogP contribution in [0.3, 0.4) is 0 Å². The lowest BCUT2D eigenvalue weighted by atomic mass is 10.0. The second kappa shape index (κ2) is 14.9. The molecule has 0 saturated heterocycles. The summed E-state index contributed by atoms with van der Waals surface area (Å²) in [6.45, 7) is 3.39. The average molecular weight is 673 g/mol. The Balaban J connectivity index is 1.81. The molecular weight excluding hydrogens is 641 g/mol. The highest BCUT2D eigenvalue weighted by atomic mass is 35.5. The number of aryl methyl sites for hydroxylation is 1. The molecule has 0 aliphatic heterocycles. The Bertz CT molecular complexity index is 1680. The van der Waals surface area contributed by atoms with Crippen molar-refractivity contribution < 1.29 is 18.0 Å². The van der Waals surface area contributed by atoms with Crippen molar-refractivity contribution in [2.45, 2.75) is 37.8 Å². The number of amides is 2. The molecule has 0 heterocycles. The molecule has 2 amide bonds. The molecule has 4 rings (SSSR count). The van der Waals surface area contributed by atoms with Gasteiger partial charge in [-0.3, -0.25) is 13.9 Å². The summed E-state index contributed by atoms with van der Waals surface area (Å²) < 4.78 is 29.2. The molecule has 0 saturated carbocycles. The molecule has 44 heavy (non-hydrogen) atoms. The molecule has 0 aromatic heterocycles. The van der Waals surface area contributed by atoms with E-state index in [4.69, 9.17) is 34.8 Å². The maximum Gasteiger partial charge on any atom is 0.264 e. The number of hydrogen-bond donors (Lipinski definition) is 1. The van der Waals surface area contributed by atoms with E-state index >= 15 is 0 Å². The van der Waals surface area contributed by atoms with Crippen molar-refractivity contribution in [2.24, 2.45) is 0 Å². The van der Waals surface area contributed by atoms with Gasteiger partial charge in [0.15, 0.2) is 0 Å². The van der Waals surface area contributed by atoms with Crippen molar-refractivity contribution >= 4 is 62.3 Å². The van der Waals surface area contributed by atoms with Crippen LogP contribution in [0.25, 0.3) is 0 Å². The first kappa shape index (κ1) is 33.3. The Labute approximate surface area is 273 Å². The molecule has 230 valence electrons.